The van der Waals surface area contributed by atoms with Crippen molar-refractivity contribution in [2.75, 3.05) is 32.1 Å². The number of rotatable bonds is 7. The van der Waals surface area contributed by atoms with Gasteiger partial charge in [0, 0.05) is 24.2 Å². The highest BCUT2D eigenvalue weighted by molar-refractivity contribution is 5.84. The minimum Gasteiger partial charge on any atom is -0.453 e. The summed E-state index contributed by atoms with van der Waals surface area (Å²) in [7, 11) is 1.39. The number of benzene rings is 1. The Bertz CT molecular complexity index is 575. The Balaban J connectivity index is 1.56. The number of nitrogens with one attached hydrogen (secondary N) is 1. The summed E-state index contributed by atoms with van der Waals surface area (Å²) in [6.07, 6.45) is 4.95. The molecule has 1 aromatic carbocycles. The van der Waals surface area contributed by atoms with Gasteiger partial charge in [0.2, 0.25) is 0 Å². The average molecular weight is 330 g/mol. The van der Waals surface area contributed by atoms with Crippen molar-refractivity contribution >= 4 is 11.8 Å². The van der Waals surface area contributed by atoms with Crippen LogP contribution in [0.4, 0.5) is 10.5 Å². The number of ether oxygens (including phenoxy) is 1. The lowest BCUT2D eigenvalue weighted by Gasteiger charge is -2.24. The van der Waals surface area contributed by atoms with Gasteiger partial charge in [-0.25, -0.2) is 4.79 Å². The lowest BCUT2D eigenvalue weighted by atomic mass is 9.92. The molecule has 1 aliphatic heterocycles. The summed E-state index contributed by atoms with van der Waals surface area (Å²) in [5.41, 5.74) is 2.44. The molecule has 4 nitrogen and oxygen atoms in total. The van der Waals surface area contributed by atoms with E-state index < -0.39 is 6.09 Å². The topological polar surface area (TPSA) is 41.6 Å². The molecule has 2 fully saturated rings. The second-order valence-corrected chi connectivity index (χ2v) is 7.51. The molecule has 2 atom stereocenters. The average Bonchev–Trinajstić information content (AvgIpc) is 2.96. The summed E-state index contributed by atoms with van der Waals surface area (Å²) in [6, 6.07) is 8.26. The number of nitrogens with zero attached hydrogens (tertiary/aromatic N) is 1. The monoisotopic (exact) mass is 330 g/mol. The maximum absolute atomic E-state index is 11.4. The smallest absolute Gasteiger partial charge is 0.411 e. The Morgan fingerprint density at radius 3 is 2.71 bits per heavy atom. The summed E-state index contributed by atoms with van der Waals surface area (Å²) in [5.74, 6) is 1.52. The van der Waals surface area contributed by atoms with Crippen LogP contribution < -0.4 is 5.32 Å². The van der Waals surface area contributed by atoms with Gasteiger partial charge in [-0.1, -0.05) is 45.2 Å². The van der Waals surface area contributed by atoms with E-state index in [1.165, 1.54) is 58.0 Å². The molecule has 4 heteroatoms. The van der Waals surface area contributed by atoms with E-state index in [0.29, 0.717) is 0 Å². The number of fused-ring (bicyclic) bond motifs is 1. The molecule has 1 heterocycles. The van der Waals surface area contributed by atoms with E-state index in [-0.39, 0.29) is 5.41 Å². The van der Waals surface area contributed by atoms with E-state index in [1.54, 1.807) is 0 Å². The van der Waals surface area contributed by atoms with E-state index in [4.69, 9.17) is 0 Å². The number of piperidine rings is 1. The molecule has 0 aromatic heterocycles. The number of carbonyl (C=O) groups is 1. The van der Waals surface area contributed by atoms with Crippen molar-refractivity contribution in [1.82, 2.24) is 4.90 Å². The van der Waals surface area contributed by atoms with E-state index in [2.05, 4.69) is 40.9 Å². The standard InChI is InChI=1S/C20H30N2O2/c1-4-5-6-7-11-22-13-17-18(14-22)20(17,2)15-9-8-10-16(12-15)21-19(23)24-3/h8-10,12,17-18H,4-7,11,13-14H2,1-3H3,(H,21,23). The first-order chi connectivity index (χ1) is 11.6. The van der Waals surface area contributed by atoms with Crippen molar-refractivity contribution in [3.8, 4) is 0 Å². The predicted octanol–water partition coefficient (Wildman–Crippen LogP) is 4.26. The van der Waals surface area contributed by atoms with Crippen LogP contribution in [0.2, 0.25) is 0 Å². The molecule has 0 bridgehead atoms. The Labute approximate surface area is 145 Å². The van der Waals surface area contributed by atoms with Crippen molar-refractivity contribution in [3.05, 3.63) is 29.8 Å². The minimum atomic E-state index is -0.411. The Morgan fingerprint density at radius 1 is 1.29 bits per heavy atom. The van der Waals surface area contributed by atoms with Gasteiger partial charge in [0.05, 0.1) is 7.11 Å². The Hall–Kier alpha value is -1.55. The maximum Gasteiger partial charge on any atom is 0.411 e. The van der Waals surface area contributed by atoms with E-state index in [0.717, 1.165) is 17.5 Å². The molecule has 1 amide bonds. The third-order valence-electron chi connectivity index (χ3n) is 6.07. The fourth-order valence-corrected chi connectivity index (χ4v) is 4.44. The molecule has 3 rings (SSSR count). The SMILES string of the molecule is CCCCCCN1CC2C(C1)C2(C)c1cccc(NC(=O)OC)c1. The molecule has 1 aromatic rings. The van der Waals surface area contributed by atoms with Gasteiger partial charge in [-0.05, 0) is 42.5 Å². The fraction of sp³-hybridized carbons (Fsp3) is 0.650. The Kier molecular flexibility index (Phi) is 5.14. The second-order valence-electron chi connectivity index (χ2n) is 7.51. The van der Waals surface area contributed by atoms with Crippen molar-refractivity contribution in [2.24, 2.45) is 11.8 Å². The molecular weight excluding hydrogens is 300 g/mol. The molecular formula is C20H30N2O2. The maximum atomic E-state index is 11.4. The predicted molar refractivity (Wildman–Crippen MR) is 97.4 cm³/mol. The zero-order valence-corrected chi connectivity index (χ0v) is 15.2. The highest BCUT2D eigenvalue weighted by Gasteiger charge is 2.65. The number of carbonyl (C=O) groups excluding carboxylic acids is 1. The highest BCUT2D eigenvalue weighted by Crippen LogP contribution is 2.63. The van der Waals surface area contributed by atoms with Gasteiger partial charge in [-0.2, -0.15) is 0 Å². The molecule has 1 saturated heterocycles. The van der Waals surface area contributed by atoms with Gasteiger partial charge < -0.3 is 9.64 Å². The number of anilines is 1. The second kappa shape index (κ2) is 7.14. The number of unbranched alkanes of at least 4 members (excludes halogenated alkanes) is 3. The van der Waals surface area contributed by atoms with Crippen LogP contribution in [0, 0.1) is 11.8 Å². The van der Waals surface area contributed by atoms with E-state index >= 15 is 0 Å². The van der Waals surface area contributed by atoms with E-state index in [1.807, 2.05) is 12.1 Å². The summed E-state index contributed by atoms with van der Waals surface area (Å²) in [4.78, 5) is 14.0. The summed E-state index contributed by atoms with van der Waals surface area (Å²) < 4.78 is 4.68. The number of likely N-dealkylation sites (tertiary alicyclic amines) is 1. The summed E-state index contributed by atoms with van der Waals surface area (Å²) in [6.45, 7) is 8.35. The van der Waals surface area contributed by atoms with Crippen molar-refractivity contribution in [1.29, 1.82) is 0 Å². The fourth-order valence-electron chi connectivity index (χ4n) is 4.44. The van der Waals surface area contributed by atoms with Crippen LogP contribution in [0.5, 0.6) is 0 Å². The summed E-state index contributed by atoms with van der Waals surface area (Å²) in [5, 5.41) is 2.77. The molecule has 1 N–H and O–H groups in total. The molecule has 2 aliphatic rings. The van der Waals surface area contributed by atoms with Gasteiger partial charge in [0.1, 0.15) is 0 Å². The molecule has 0 radical (unpaired) electrons. The van der Waals surface area contributed by atoms with Gasteiger partial charge in [0.15, 0.2) is 0 Å². The van der Waals surface area contributed by atoms with Crippen LogP contribution in [0.25, 0.3) is 0 Å². The zero-order chi connectivity index (χ0) is 17.2. The molecule has 2 unspecified atom stereocenters. The lowest BCUT2D eigenvalue weighted by molar-refractivity contribution is 0.187. The number of hydrogen-bond acceptors (Lipinski definition) is 3. The van der Waals surface area contributed by atoms with Crippen LogP contribution in [-0.2, 0) is 10.2 Å². The first-order valence-electron chi connectivity index (χ1n) is 9.27. The normalized spacial score (nSPS) is 28.5. The minimum absolute atomic E-state index is 0.272. The molecule has 1 aliphatic carbocycles. The van der Waals surface area contributed by atoms with Gasteiger partial charge in [0.25, 0.3) is 0 Å². The lowest BCUT2D eigenvalue weighted by Crippen LogP contribution is -2.29. The number of methoxy groups -OCH3 is 1. The van der Waals surface area contributed by atoms with Crippen LogP contribution in [-0.4, -0.2) is 37.7 Å². The zero-order valence-electron chi connectivity index (χ0n) is 15.2. The van der Waals surface area contributed by atoms with Crippen molar-refractivity contribution in [2.45, 2.75) is 44.9 Å². The molecule has 24 heavy (non-hydrogen) atoms. The van der Waals surface area contributed by atoms with Crippen molar-refractivity contribution < 1.29 is 9.53 Å². The van der Waals surface area contributed by atoms with Crippen LogP contribution in [0.15, 0.2) is 24.3 Å². The van der Waals surface area contributed by atoms with Gasteiger partial charge in [-0.3, -0.25) is 5.32 Å². The third-order valence-corrected chi connectivity index (χ3v) is 6.07. The first-order valence-corrected chi connectivity index (χ1v) is 9.27. The van der Waals surface area contributed by atoms with Gasteiger partial charge in [-0.15, -0.1) is 0 Å². The molecule has 132 valence electrons. The third kappa shape index (κ3) is 3.30. The van der Waals surface area contributed by atoms with Crippen LogP contribution >= 0.6 is 0 Å². The molecule has 0 spiro atoms. The van der Waals surface area contributed by atoms with Crippen LogP contribution in [0.1, 0.15) is 45.1 Å². The molecule has 1 saturated carbocycles. The van der Waals surface area contributed by atoms with Crippen LogP contribution in [0.3, 0.4) is 0 Å². The number of hydrogen-bond donors (Lipinski definition) is 1. The van der Waals surface area contributed by atoms with Gasteiger partial charge >= 0.3 is 6.09 Å². The Morgan fingerprint density at radius 2 is 2.04 bits per heavy atom. The highest BCUT2D eigenvalue weighted by atomic mass is 16.5. The quantitative estimate of drug-likeness (QED) is 0.759. The largest absolute Gasteiger partial charge is 0.453 e. The first kappa shape index (κ1) is 17.3. The number of amides is 1. The van der Waals surface area contributed by atoms with Crippen molar-refractivity contribution in [3.63, 3.8) is 0 Å². The van der Waals surface area contributed by atoms with E-state index in [9.17, 15) is 4.79 Å². The summed E-state index contributed by atoms with van der Waals surface area (Å²) >= 11 is 0.